The molecule has 1 aromatic rings. The molecule has 2 unspecified atom stereocenters. The first-order chi connectivity index (χ1) is 7.22. The third-order valence-corrected chi connectivity index (χ3v) is 6.72. The zero-order valence-electron chi connectivity index (χ0n) is 9.15. The molecule has 1 aliphatic heterocycles. The van der Waals surface area contributed by atoms with E-state index in [1.54, 1.807) is 0 Å². The standard InChI is InChI=1S/C12H18O2Si/c1-11(12-7-3-2-4-8-12)15(13)10-6-5-9-14-15/h2-4,7-8,11,13H,5-6,9-10H2,1H3. The summed E-state index contributed by atoms with van der Waals surface area (Å²) >= 11 is 0. The van der Waals surface area contributed by atoms with E-state index in [-0.39, 0.29) is 5.54 Å². The highest BCUT2D eigenvalue weighted by Gasteiger charge is 2.42. The molecule has 2 rings (SSSR count). The Labute approximate surface area is 92.2 Å². The average Bonchev–Trinajstić information content (AvgIpc) is 2.30. The summed E-state index contributed by atoms with van der Waals surface area (Å²) in [4.78, 5) is 10.5. The third-order valence-electron chi connectivity index (χ3n) is 3.26. The molecule has 2 nitrogen and oxygen atoms in total. The Balaban J connectivity index is 2.16. The maximum Gasteiger partial charge on any atom is 0.342 e. The molecule has 15 heavy (non-hydrogen) atoms. The highest BCUT2D eigenvalue weighted by atomic mass is 28.4. The highest BCUT2D eigenvalue weighted by molar-refractivity contribution is 6.67. The first-order valence-electron chi connectivity index (χ1n) is 5.64. The molecule has 0 amide bonds. The molecular formula is C12H18O2Si. The number of hydrogen-bond donors (Lipinski definition) is 1. The molecular weight excluding hydrogens is 204 g/mol. The van der Waals surface area contributed by atoms with Crippen LogP contribution in [0, 0.1) is 0 Å². The van der Waals surface area contributed by atoms with E-state index in [0.717, 1.165) is 25.5 Å². The minimum Gasteiger partial charge on any atom is -0.410 e. The predicted octanol–water partition coefficient (Wildman–Crippen LogP) is 2.57. The lowest BCUT2D eigenvalue weighted by atomic mass is 10.2. The SMILES string of the molecule is CC(c1ccccc1)[Si]1(O)CCCCO1. The van der Waals surface area contributed by atoms with E-state index in [0.29, 0.717) is 0 Å². The van der Waals surface area contributed by atoms with Gasteiger partial charge < -0.3 is 9.22 Å². The monoisotopic (exact) mass is 222 g/mol. The fourth-order valence-electron chi connectivity index (χ4n) is 2.15. The molecule has 1 fully saturated rings. The number of rotatable bonds is 2. The Morgan fingerprint density at radius 2 is 2.00 bits per heavy atom. The van der Waals surface area contributed by atoms with Crippen LogP contribution in [0.4, 0.5) is 0 Å². The van der Waals surface area contributed by atoms with Gasteiger partial charge in [0.1, 0.15) is 0 Å². The first kappa shape index (κ1) is 10.9. The van der Waals surface area contributed by atoms with Gasteiger partial charge in [0, 0.05) is 12.1 Å². The Bertz CT molecular complexity index is 307. The van der Waals surface area contributed by atoms with Gasteiger partial charge in [-0.25, -0.2) is 0 Å². The molecule has 1 aromatic carbocycles. The summed E-state index contributed by atoms with van der Waals surface area (Å²) in [6, 6.07) is 11.1. The molecule has 2 atom stereocenters. The fraction of sp³-hybridized carbons (Fsp3) is 0.500. The summed E-state index contributed by atoms with van der Waals surface area (Å²) in [6.45, 7) is 2.83. The lowest BCUT2D eigenvalue weighted by molar-refractivity contribution is 0.193. The van der Waals surface area contributed by atoms with Crippen molar-refractivity contribution < 1.29 is 9.22 Å². The molecule has 1 saturated heterocycles. The van der Waals surface area contributed by atoms with Crippen LogP contribution in [0.25, 0.3) is 0 Å². The third kappa shape index (κ3) is 2.30. The molecule has 0 saturated carbocycles. The van der Waals surface area contributed by atoms with Gasteiger partial charge in [0.05, 0.1) is 0 Å². The zero-order valence-corrected chi connectivity index (χ0v) is 10.1. The van der Waals surface area contributed by atoms with Crippen LogP contribution in [0.5, 0.6) is 0 Å². The Hall–Kier alpha value is -0.643. The Kier molecular flexibility index (Phi) is 3.24. The van der Waals surface area contributed by atoms with Crippen LogP contribution in [0.2, 0.25) is 6.04 Å². The summed E-state index contributed by atoms with van der Waals surface area (Å²) in [6.07, 6.45) is 2.21. The van der Waals surface area contributed by atoms with Gasteiger partial charge in [-0.15, -0.1) is 0 Å². The van der Waals surface area contributed by atoms with Crippen molar-refractivity contribution in [3.8, 4) is 0 Å². The van der Waals surface area contributed by atoms with Crippen molar-refractivity contribution in [3.63, 3.8) is 0 Å². The molecule has 1 aliphatic rings. The minimum atomic E-state index is -2.48. The quantitative estimate of drug-likeness (QED) is 0.779. The van der Waals surface area contributed by atoms with E-state index in [1.165, 1.54) is 5.56 Å². The van der Waals surface area contributed by atoms with Gasteiger partial charge in [-0.3, -0.25) is 0 Å². The Morgan fingerprint density at radius 3 is 2.60 bits per heavy atom. The predicted molar refractivity (Wildman–Crippen MR) is 62.8 cm³/mol. The lowest BCUT2D eigenvalue weighted by Crippen LogP contribution is -2.47. The first-order valence-corrected chi connectivity index (χ1v) is 7.78. The fourth-order valence-corrected chi connectivity index (χ4v) is 4.94. The van der Waals surface area contributed by atoms with E-state index in [1.807, 2.05) is 18.2 Å². The maximum atomic E-state index is 10.5. The average molecular weight is 222 g/mol. The van der Waals surface area contributed by atoms with Gasteiger partial charge in [-0.1, -0.05) is 37.3 Å². The molecule has 0 bridgehead atoms. The smallest absolute Gasteiger partial charge is 0.342 e. The number of hydrogen-bond acceptors (Lipinski definition) is 2. The van der Waals surface area contributed by atoms with Crippen molar-refractivity contribution in [1.82, 2.24) is 0 Å². The molecule has 0 aromatic heterocycles. The summed E-state index contributed by atoms with van der Waals surface area (Å²) in [5.74, 6) is 0. The summed E-state index contributed by atoms with van der Waals surface area (Å²) < 4.78 is 5.68. The van der Waals surface area contributed by atoms with E-state index in [4.69, 9.17) is 4.43 Å². The van der Waals surface area contributed by atoms with Gasteiger partial charge in [0.15, 0.2) is 0 Å². The normalized spacial score (nSPS) is 28.7. The van der Waals surface area contributed by atoms with Crippen LogP contribution >= 0.6 is 0 Å². The summed E-state index contributed by atoms with van der Waals surface area (Å²) in [7, 11) is -2.48. The minimum absolute atomic E-state index is 0.180. The van der Waals surface area contributed by atoms with Crippen molar-refractivity contribution in [2.45, 2.75) is 31.4 Å². The molecule has 82 valence electrons. The highest BCUT2D eigenvalue weighted by Crippen LogP contribution is 2.32. The maximum absolute atomic E-state index is 10.5. The second-order valence-corrected chi connectivity index (χ2v) is 7.63. The molecule has 0 aliphatic carbocycles. The molecule has 0 radical (unpaired) electrons. The molecule has 1 heterocycles. The second kappa shape index (κ2) is 4.47. The number of benzene rings is 1. The van der Waals surface area contributed by atoms with E-state index in [9.17, 15) is 4.80 Å². The second-order valence-electron chi connectivity index (χ2n) is 4.28. The topological polar surface area (TPSA) is 29.5 Å². The van der Waals surface area contributed by atoms with Crippen LogP contribution in [0.1, 0.15) is 30.9 Å². The van der Waals surface area contributed by atoms with E-state index in [2.05, 4.69) is 19.1 Å². The van der Waals surface area contributed by atoms with Gasteiger partial charge in [-0.05, 0) is 24.4 Å². The zero-order chi connectivity index (χ0) is 10.7. The van der Waals surface area contributed by atoms with Gasteiger partial charge in [0.2, 0.25) is 0 Å². The van der Waals surface area contributed by atoms with Crippen LogP contribution in [-0.4, -0.2) is 20.0 Å². The largest absolute Gasteiger partial charge is 0.410 e. The van der Waals surface area contributed by atoms with Crippen molar-refractivity contribution in [1.29, 1.82) is 0 Å². The van der Waals surface area contributed by atoms with E-state index >= 15 is 0 Å². The van der Waals surface area contributed by atoms with Crippen LogP contribution in [-0.2, 0) is 4.43 Å². The Morgan fingerprint density at radius 1 is 1.27 bits per heavy atom. The van der Waals surface area contributed by atoms with Gasteiger partial charge >= 0.3 is 8.56 Å². The molecule has 0 spiro atoms. The van der Waals surface area contributed by atoms with E-state index < -0.39 is 8.56 Å². The van der Waals surface area contributed by atoms with Crippen molar-refractivity contribution in [3.05, 3.63) is 35.9 Å². The van der Waals surface area contributed by atoms with Crippen LogP contribution in [0.15, 0.2) is 30.3 Å². The van der Waals surface area contributed by atoms with Crippen LogP contribution in [0.3, 0.4) is 0 Å². The molecule has 1 N–H and O–H groups in total. The van der Waals surface area contributed by atoms with Gasteiger partial charge in [-0.2, -0.15) is 0 Å². The molecule has 3 heteroatoms. The van der Waals surface area contributed by atoms with Crippen molar-refractivity contribution >= 4 is 8.56 Å². The lowest BCUT2D eigenvalue weighted by Gasteiger charge is -2.34. The van der Waals surface area contributed by atoms with Crippen molar-refractivity contribution in [2.75, 3.05) is 6.61 Å². The van der Waals surface area contributed by atoms with Crippen molar-refractivity contribution in [2.24, 2.45) is 0 Å². The van der Waals surface area contributed by atoms with Crippen LogP contribution < -0.4 is 0 Å². The summed E-state index contributed by atoms with van der Waals surface area (Å²) in [5, 5.41) is 0. The summed E-state index contributed by atoms with van der Waals surface area (Å²) in [5.41, 5.74) is 1.38. The van der Waals surface area contributed by atoms with Gasteiger partial charge in [0.25, 0.3) is 0 Å².